The molecule has 0 aliphatic carbocycles. The van der Waals surface area contributed by atoms with Crippen molar-refractivity contribution in [3.05, 3.63) is 18.5 Å². The molecule has 1 aromatic heterocycles. The third kappa shape index (κ3) is 4.51. The molecule has 2 unspecified atom stereocenters. The average Bonchev–Trinajstić information content (AvgIpc) is 3.01. The first-order valence-corrected chi connectivity index (χ1v) is 10.0. The molecule has 3 aliphatic heterocycles. The third-order valence-corrected chi connectivity index (χ3v) is 6.00. The Labute approximate surface area is 155 Å². The molecule has 2 bridgehead atoms. The van der Waals surface area contributed by atoms with Gasteiger partial charge in [-0.3, -0.25) is 9.69 Å². The quantitative estimate of drug-likeness (QED) is 0.777. The SMILES string of the molecule is O=C(CC1CC2CCC(C1)N2)NCCN1CCN(c2ncccn2)CC1. The second-order valence-corrected chi connectivity index (χ2v) is 7.91. The van der Waals surface area contributed by atoms with Gasteiger partial charge in [-0.1, -0.05) is 0 Å². The smallest absolute Gasteiger partial charge is 0.225 e. The highest BCUT2D eigenvalue weighted by Crippen LogP contribution is 2.32. The number of rotatable bonds is 6. The van der Waals surface area contributed by atoms with E-state index in [1.54, 1.807) is 12.4 Å². The number of carbonyl (C=O) groups excluding carboxylic acids is 1. The van der Waals surface area contributed by atoms with Crippen LogP contribution in [0.4, 0.5) is 5.95 Å². The molecular formula is C19H30N6O. The van der Waals surface area contributed by atoms with Crippen LogP contribution in [-0.2, 0) is 4.79 Å². The first-order chi connectivity index (χ1) is 12.8. The lowest BCUT2D eigenvalue weighted by Gasteiger charge is -2.34. The summed E-state index contributed by atoms with van der Waals surface area (Å²) < 4.78 is 0. The Kier molecular flexibility index (Phi) is 5.65. The first-order valence-electron chi connectivity index (χ1n) is 10.0. The maximum Gasteiger partial charge on any atom is 0.225 e. The summed E-state index contributed by atoms with van der Waals surface area (Å²) in [5.41, 5.74) is 0. The molecule has 0 spiro atoms. The number of hydrogen-bond acceptors (Lipinski definition) is 6. The van der Waals surface area contributed by atoms with Gasteiger partial charge in [-0.05, 0) is 37.7 Å². The van der Waals surface area contributed by atoms with Crippen molar-refractivity contribution < 1.29 is 4.79 Å². The summed E-state index contributed by atoms with van der Waals surface area (Å²) in [6, 6.07) is 3.17. The van der Waals surface area contributed by atoms with Gasteiger partial charge in [-0.25, -0.2) is 9.97 Å². The molecule has 4 rings (SSSR count). The van der Waals surface area contributed by atoms with Crippen molar-refractivity contribution in [2.45, 2.75) is 44.2 Å². The van der Waals surface area contributed by atoms with Crippen LogP contribution in [0.1, 0.15) is 32.1 Å². The second-order valence-electron chi connectivity index (χ2n) is 7.91. The highest BCUT2D eigenvalue weighted by Gasteiger charge is 2.34. The summed E-state index contributed by atoms with van der Waals surface area (Å²) in [6.45, 7) is 5.54. The first kappa shape index (κ1) is 17.7. The minimum atomic E-state index is 0.229. The molecule has 4 heterocycles. The lowest BCUT2D eigenvalue weighted by Crippen LogP contribution is -2.49. The molecule has 0 saturated carbocycles. The highest BCUT2D eigenvalue weighted by atomic mass is 16.1. The number of piperazine rings is 1. The van der Waals surface area contributed by atoms with E-state index in [1.165, 1.54) is 25.7 Å². The molecule has 2 atom stereocenters. The molecule has 7 heteroatoms. The van der Waals surface area contributed by atoms with Gasteiger partial charge in [0.2, 0.25) is 11.9 Å². The zero-order valence-electron chi connectivity index (χ0n) is 15.4. The Morgan fingerprint density at radius 1 is 1.12 bits per heavy atom. The number of anilines is 1. The van der Waals surface area contributed by atoms with Crippen LogP contribution in [-0.4, -0.2) is 72.1 Å². The van der Waals surface area contributed by atoms with Crippen LogP contribution >= 0.6 is 0 Å². The molecule has 142 valence electrons. The highest BCUT2D eigenvalue weighted by molar-refractivity contribution is 5.76. The summed E-state index contributed by atoms with van der Waals surface area (Å²) in [4.78, 5) is 25.5. The van der Waals surface area contributed by atoms with E-state index < -0.39 is 0 Å². The number of amides is 1. The minimum Gasteiger partial charge on any atom is -0.355 e. The zero-order valence-corrected chi connectivity index (χ0v) is 15.4. The molecule has 3 fully saturated rings. The topological polar surface area (TPSA) is 73.4 Å². The van der Waals surface area contributed by atoms with Crippen LogP contribution < -0.4 is 15.5 Å². The summed E-state index contributed by atoms with van der Waals surface area (Å²) in [5, 5.41) is 6.77. The van der Waals surface area contributed by atoms with Gasteiger partial charge in [0.05, 0.1) is 0 Å². The van der Waals surface area contributed by atoms with Crippen molar-refractivity contribution >= 4 is 11.9 Å². The van der Waals surface area contributed by atoms with Crippen LogP contribution in [0.25, 0.3) is 0 Å². The monoisotopic (exact) mass is 358 g/mol. The van der Waals surface area contributed by atoms with Gasteiger partial charge in [0, 0.05) is 70.2 Å². The standard InChI is InChI=1S/C19H30N6O/c26-18(14-15-12-16-2-3-17(13-15)23-16)20-6-7-24-8-10-25(11-9-24)19-21-4-1-5-22-19/h1,4-5,15-17,23H,2-3,6-14H2,(H,20,26). The van der Waals surface area contributed by atoms with E-state index >= 15 is 0 Å². The summed E-state index contributed by atoms with van der Waals surface area (Å²) >= 11 is 0. The van der Waals surface area contributed by atoms with E-state index in [0.717, 1.165) is 45.2 Å². The summed E-state index contributed by atoms with van der Waals surface area (Å²) in [7, 11) is 0. The predicted octanol–water partition coefficient (Wildman–Crippen LogP) is 0.636. The van der Waals surface area contributed by atoms with E-state index in [0.29, 0.717) is 24.4 Å². The molecule has 1 aromatic rings. The van der Waals surface area contributed by atoms with Crippen LogP contribution in [0.2, 0.25) is 0 Å². The van der Waals surface area contributed by atoms with E-state index in [-0.39, 0.29) is 5.91 Å². The largest absolute Gasteiger partial charge is 0.355 e. The summed E-state index contributed by atoms with van der Waals surface area (Å²) in [5.74, 6) is 1.62. The van der Waals surface area contributed by atoms with Gasteiger partial charge in [0.25, 0.3) is 0 Å². The van der Waals surface area contributed by atoms with Gasteiger partial charge < -0.3 is 15.5 Å². The molecule has 0 aromatic carbocycles. The van der Waals surface area contributed by atoms with E-state index in [2.05, 4.69) is 30.4 Å². The average molecular weight is 358 g/mol. The number of fused-ring (bicyclic) bond motifs is 2. The lowest BCUT2D eigenvalue weighted by atomic mass is 9.89. The zero-order chi connectivity index (χ0) is 17.8. The van der Waals surface area contributed by atoms with Gasteiger partial charge in [-0.2, -0.15) is 0 Å². The van der Waals surface area contributed by atoms with E-state index in [9.17, 15) is 4.79 Å². The van der Waals surface area contributed by atoms with Gasteiger partial charge in [0.1, 0.15) is 0 Å². The minimum absolute atomic E-state index is 0.229. The van der Waals surface area contributed by atoms with E-state index in [1.807, 2.05) is 6.07 Å². The maximum absolute atomic E-state index is 12.2. The number of piperidine rings is 1. The maximum atomic E-state index is 12.2. The number of carbonyl (C=O) groups is 1. The molecule has 1 amide bonds. The van der Waals surface area contributed by atoms with Crippen LogP contribution in [0.3, 0.4) is 0 Å². The van der Waals surface area contributed by atoms with Crippen molar-refractivity contribution in [3.8, 4) is 0 Å². The van der Waals surface area contributed by atoms with Crippen molar-refractivity contribution in [1.82, 2.24) is 25.5 Å². The number of nitrogens with zero attached hydrogens (tertiary/aromatic N) is 4. The Morgan fingerprint density at radius 2 is 1.81 bits per heavy atom. The molecule has 3 aliphatic rings. The van der Waals surface area contributed by atoms with Gasteiger partial charge >= 0.3 is 0 Å². The molecule has 7 nitrogen and oxygen atoms in total. The third-order valence-electron chi connectivity index (χ3n) is 6.00. The molecule has 3 saturated heterocycles. The number of aromatic nitrogens is 2. The Hall–Kier alpha value is -1.73. The Bertz CT molecular complexity index is 577. The van der Waals surface area contributed by atoms with Gasteiger partial charge in [-0.15, -0.1) is 0 Å². The van der Waals surface area contributed by atoms with E-state index in [4.69, 9.17) is 0 Å². The normalized spacial score (nSPS) is 28.9. The van der Waals surface area contributed by atoms with Crippen molar-refractivity contribution in [2.24, 2.45) is 5.92 Å². The molecule has 0 radical (unpaired) electrons. The predicted molar refractivity (Wildman–Crippen MR) is 101 cm³/mol. The second kappa shape index (κ2) is 8.31. The molecule has 26 heavy (non-hydrogen) atoms. The van der Waals surface area contributed by atoms with Crippen LogP contribution in [0, 0.1) is 5.92 Å². The van der Waals surface area contributed by atoms with Crippen molar-refractivity contribution in [2.75, 3.05) is 44.2 Å². The molecular weight excluding hydrogens is 328 g/mol. The fraction of sp³-hybridized carbons (Fsp3) is 0.737. The van der Waals surface area contributed by atoms with Crippen molar-refractivity contribution in [1.29, 1.82) is 0 Å². The Balaban J connectivity index is 1.12. The van der Waals surface area contributed by atoms with Crippen LogP contribution in [0.5, 0.6) is 0 Å². The van der Waals surface area contributed by atoms with Crippen LogP contribution in [0.15, 0.2) is 18.5 Å². The fourth-order valence-electron chi connectivity index (χ4n) is 4.66. The van der Waals surface area contributed by atoms with Gasteiger partial charge in [0.15, 0.2) is 0 Å². The molecule has 2 N–H and O–H groups in total. The lowest BCUT2D eigenvalue weighted by molar-refractivity contribution is -0.122. The number of hydrogen-bond donors (Lipinski definition) is 2. The van der Waals surface area contributed by atoms with Crippen molar-refractivity contribution in [3.63, 3.8) is 0 Å². The number of nitrogens with one attached hydrogen (secondary N) is 2. The Morgan fingerprint density at radius 3 is 2.50 bits per heavy atom. The summed E-state index contributed by atoms with van der Waals surface area (Å²) in [6.07, 6.45) is 9.22. The fourth-order valence-corrected chi connectivity index (χ4v) is 4.66.